The molecule has 0 spiro atoms. The molecule has 0 saturated heterocycles. The van der Waals surface area contributed by atoms with Gasteiger partial charge in [0.1, 0.15) is 5.75 Å². The third kappa shape index (κ3) is 7.60. The second-order valence-corrected chi connectivity index (χ2v) is 7.03. The van der Waals surface area contributed by atoms with Crippen LogP contribution in [0.5, 0.6) is 5.75 Å². The van der Waals surface area contributed by atoms with Crippen molar-refractivity contribution in [2.45, 2.75) is 38.4 Å². The number of ether oxygens (including phenoxy) is 2. The molecule has 1 N–H and O–H groups in total. The molecule has 2 aromatic rings. The molecule has 0 aliphatic rings. The van der Waals surface area contributed by atoms with E-state index in [4.69, 9.17) is 4.74 Å². The Labute approximate surface area is 171 Å². The van der Waals surface area contributed by atoms with Crippen LogP contribution in [0.4, 0.5) is 17.6 Å². The molecule has 0 aliphatic carbocycles. The van der Waals surface area contributed by atoms with Gasteiger partial charge in [0.25, 0.3) is 0 Å². The summed E-state index contributed by atoms with van der Waals surface area (Å²) in [6, 6.07) is 5.18. The number of aromatic nitrogens is 3. The third-order valence-electron chi connectivity index (χ3n) is 3.86. The van der Waals surface area contributed by atoms with Crippen molar-refractivity contribution >= 4 is 18.4 Å². The molecule has 1 unspecified atom stereocenters. The highest BCUT2D eigenvalue weighted by molar-refractivity contribution is 5.62. The van der Waals surface area contributed by atoms with Gasteiger partial charge in [-0.05, 0) is 50.1 Å². The van der Waals surface area contributed by atoms with Crippen molar-refractivity contribution in [3.05, 3.63) is 48.1 Å². The number of nitrogens with zero attached hydrogens (tertiary/aromatic N) is 3. The van der Waals surface area contributed by atoms with E-state index in [9.17, 15) is 22.7 Å². The van der Waals surface area contributed by atoms with Crippen molar-refractivity contribution in [3.8, 4) is 5.75 Å². The van der Waals surface area contributed by atoms with Gasteiger partial charge in [0.15, 0.2) is 17.8 Å². The van der Waals surface area contributed by atoms with E-state index in [1.54, 1.807) is 19.9 Å². The van der Waals surface area contributed by atoms with Crippen LogP contribution in [0, 0.1) is 0 Å². The van der Waals surface area contributed by atoms with Crippen molar-refractivity contribution < 1.29 is 32.1 Å². The minimum absolute atomic E-state index is 0.0126. The van der Waals surface area contributed by atoms with Gasteiger partial charge in [-0.25, -0.2) is 4.39 Å². The van der Waals surface area contributed by atoms with E-state index < -0.39 is 18.1 Å². The molecular formula is C20H23F4N3O3. The summed E-state index contributed by atoms with van der Waals surface area (Å²) in [5.41, 5.74) is -0.360. The van der Waals surface area contributed by atoms with Gasteiger partial charge in [0, 0.05) is 12.8 Å². The molecule has 1 atom stereocenters. The SMILES string of the molecule is C=Cc1nnc(C(F)COCCC(C)(C)O)n1/C=C/c1ccc(OC(F)(F)F)cc1. The summed E-state index contributed by atoms with van der Waals surface area (Å²) in [5, 5.41) is 17.3. The monoisotopic (exact) mass is 429 g/mol. The standard InChI is InChI=1S/C20H23F4N3O3/c1-4-17-25-26-18(16(21)13-29-12-10-19(2,3)28)27(17)11-9-14-5-7-15(8-6-14)30-20(22,23)24/h4-9,11,16,28H,1,10,12-13H2,2-3H3/b11-9+. The van der Waals surface area contributed by atoms with Crippen LogP contribution in [0.25, 0.3) is 18.4 Å². The maximum Gasteiger partial charge on any atom is 0.573 e. The molecular weight excluding hydrogens is 406 g/mol. The van der Waals surface area contributed by atoms with Crippen LogP contribution in [0.2, 0.25) is 0 Å². The highest BCUT2D eigenvalue weighted by atomic mass is 19.4. The van der Waals surface area contributed by atoms with Crippen LogP contribution >= 0.6 is 0 Å². The Hall–Kier alpha value is -2.72. The van der Waals surface area contributed by atoms with Crippen LogP contribution in [-0.4, -0.2) is 45.0 Å². The van der Waals surface area contributed by atoms with Crippen LogP contribution in [0.15, 0.2) is 30.8 Å². The minimum atomic E-state index is -4.77. The lowest BCUT2D eigenvalue weighted by Crippen LogP contribution is -2.21. The van der Waals surface area contributed by atoms with E-state index in [0.29, 0.717) is 12.0 Å². The maximum atomic E-state index is 14.6. The lowest BCUT2D eigenvalue weighted by atomic mass is 10.1. The Morgan fingerprint density at radius 3 is 2.43 bits per heavy atom. The molecule has 0 aliphatic heterocycles. The molecule has 0 saturated carbocycles. The van der Waals surface area contributed by atoms with E-state index in [1.807, 2.05) is 0 Å². The molecule has 1 aromatic carbocycles. The first-order valence-corrected chi connectivity index (χ1v) is 9.04. The molecule has 0 fully saturated rings. The van der Waals surface area contributed by atoms with Crippen LogP contribution in [-0.2, 0) is 4.74 Å². The van der Waals surface area contributed by atoms with Gasteiger partial charge in [-0.15, -0.1) is 23.4 Å². The molecule has 0 bridgehead atoms. The highest BCUT2D eigenvalue weighted by Crippen LogP contribution is 2.24. The normalized spacial score (nSPS) is 13.6. The molecule has 6 nitrogen and oxygen atoms in total. The third-order valence-corrected chi connectivity index (χ3v) is 3.86. The summed E-state index contributed by atoms with van der Waals surface area (Å²) in [5.74, 6) is -0.0673. The zero-order valence-electron chi connectivity index (χ0n) is 16.6. The number of aliphatic hydroxyl groups is 1. The molecule has 0 amide bonds. The predicted octanol–water partition coefficient (Wildman–Crippen LogP) is 4.64. The van der Waals surface area contributed by atoms with E-state index >= 15 is 0 Å². The van der Waals surface area contributed by atoms with Crippen molar-refractivity contribution in [1.29, 1.82) is 0 Å². The number of hydrogen-bond acceptors (Lipinski definition) is 5. The average Bonchev–Trinajstić information content (AvgIpc) is 3.05. The molecule has 10 heteroatoms. The highest BCUT2D eigenvalue weighted by Gasteiger charge is 2.30. The smallest absolute Gasteiger partial charge is 0.406 e. The first-order valence-electron chi connectivity index (χ1n) is 9.04. The number of alkyl halides is 4. The number of rotatable bonds is 10. The fraction of sp³-hybridized carbons (Fsp3) is 0.400. The fourth-order valence-corrected chi connectivity index (χ4v) is 2.35. The second kappa shape index (κ2) is 9.86. The van der Waals surface area contributed by atoms with E-state index in [1.165, 1.54) is 41.1 Å². The quantitative estimate of drug-likeness (QED) is 0.440. The van der Waals surface area contributed by atoms with Crippen molar-refractivity contribution in [2.24, 2.45) is 0 Å². The van der Waals surface area contributed by atoms with Crippen molar-refractivity contribution in [1.82, 2.24) is 14.8 Å². The topological polar surface area (TPSA) is 69.4 Å². The van der Waals surface area contributed by atoms with E-state index in [0.717, 1.165) is 0 Å². The summed E-state index contributed by atoms with van der Waals surface area (Å²) in [6.45, 7) is 6.76. The Bertz CT molecular complexity index is 856. The summed E-state index contributed by atoms with van der Waals surface area (Å²) in [7, 11) is 0. The van der Waals surface area contributed by atoms with Crippen LogP contribution < -0.4 is 4.74 Å². The lowest BCUT2D eigenvalue weighted by Gasteiger charge is -2.17. The lowest BCUT2D eigenvalue weighted by molar-refractivity contribution is -0.274. The molecule has 1 aromatic heterocycles. The zero-order valence-corrected chi connectivity index (χ0v) is 16.6. The van der Waals surface area contributed by atoms with Gasteiger partial charge in [0.05, 0.1) is 12.2 Å². The van der Waals surface area contributed by atoms with E-state index in [2.05, 4.69) is 21.5 Å². The molecule has 1 heterocycles. The largest absolute Gasteiger partial charge is 0.573 e. The minimum Gasteiger partial charge on any atom is -0.406 e. The van der Waals surface area contributed by atoms with Crippen molar-refractivity contribution in [2.75, 3.05) is 13.2 Å². The molecule has 0 radical (unpaired) electrons. The average molecular weight is 429 g/mol. The maximum absolute atomic E-state index is 14.6. The summed E-state index contributed by atoms with van der Waals surface area (Å²) in [4.78, 5) is 0. The Morgan fingerprint density at radius 1 is 1.20 bits per heavy atom. The van der Waals surface area contributed by atoms with Gasteiger partial charge < -0.3 is 14.6 Å². The van der Waals surface area contributed by atoms with E-state index in [-0.39, 0.29) is 30.6 Å². The number of hydrogen-bond donors (Lipinski definition) is 1. The van der Waals surface area contributed by atoms with Gasteiger partial charge in [0.2, 0.25) is 0 Å². The van der Waals surface area contributed by atoms with Crippen molar-refractivity contribution in [3.63, 3.8) is 0 Å². The Kier molecular flexibility index (Phi) is 7.74. The van der Waals surface area contributed by atoms with Gasteiger partial charge in [-0.1, -0.05) is 18.7 Å². The summed E-state index contributed by atoms with van der Waals surface area (Å²) < 4.78 is 61.7. The first kappa shape index (κ1) is 23.6. The number of halogens is 4. The number of benzene rings is 1. The predicted molar refractivity (Wildman–Crippen MR) is 104 cm³/mol. The Morgan fingerprint density at radius 2 is 1.87 bits per heavy atom. The summed E-state index contributed by atoms with van der Waals surface area (Å²) in [6.07, 6.45) is -1.57. The summed E-state index contributed by atoms with van der Waals surface area (Å²) >= 11 is 0. The first-order chi connectivity index (χ1) is 14.0. The van der Waals surface area contributed by atoms with Crippen LogP contribution in [0.3, 0.4) is 0 Å². The fourth-order valence-electron chi connectivity index (χ4n) is 2.35. The molecule has 164 valence electrons. The van der Waals surface area contributed by atoms with Crippen LogP contribution in [0.1, 0.15) is 43.7 Å². The van der Waals surface area contributed by atoms with Gasteiger partial charge in [-0.2, -0.15) is 0 Å². The Balaban J connectivity index is 2.08. The molecule has 30 heavy (non-hydrogen) atoms. The molecule has 2 rings (SSSR count). The van der Waals surface area contributed by atoms with Gasteiger partial charge in [-0.3, -0.25) is 4.57 Å². The zero-order chi connectivity index (χ0) is 22.4. The van der Waals surface area contributed by atoms with Gasteiger partial charge >= 0.3 is 6.36 Å². The second-order valence-electron chi connectivity index (χ2n) is 7.03.